The standard InChI is InChI=1S/C18H23N3O3S/c1-12-4-2-3-5-15(12)23-11-10-19-16(22)13-6-8-14(9-7-13)17-20-21-18(25)24-17/h6-9,12,15H,2-5,10-11H2,1H3,(H,19,22)(H,21,25)/t12-,15+/m1/s1. The zero-order chi connectivity index (χ0) is 17.6. The maximum absolute atomic E-state index is 12.2. The average molecular weight is 361 g/mol. The zero-order valence-corrected chi connectivity index (χ0v) is 15.1. The maximum atomic E-state index is 12.2. The van der Waals surface area contributed by atoms with Crippen molar-refractivity contribution in [3.8, 4) is 11.5 Å². The van der Waals surface area contributed by atoms with Gasteiger partial charge in [0.05, 0.1) is 12.7 Å². The van der Waals surface area contributed by atoms with Crippen molar-refractivity contribution < 1.29 is 13.9 Å². The SMILES string of the molecule is C[C@@H]1CCCC[C@@H]1OCCNC(=O)c1ccc(-c2n[nH]c(=S)o2)cc1. The fourth-order valence-corrected chi connectivity index (χ4v) is 3.25. The summed E-state index contributed by atoms with van der Waals surface area (Å²) in [4.78, 5) is 12.4. The van der Waals surface area contributed by atoms with Gasteiger partial charge in [-0.2, -0.15) is 0 Å². The number of aromatic amines is 1. The Bertz CT molecular complexity index is 753. The monoisotopic (exact) mass is 361 g/mol. The minimum absolute atomic E-state index is 0.116. The Labute approximate surface area is 152 Å². The lowest BCUT2D eigenvalue weighted by molar-refractivity contribution is -0.00293. The number of rotatable bonds is 6. The number of hydrogen-bond acceptors (Lipinski definition) is 5. The van der Waals surface area contributed by atoms with Gasteiger partial charge in [-0.3, -0.25) is 4.79 Å². The molecule has 0 spiro atoms. The van der Waals surface area contributed by atoms with E-state index in [0.717, 1.165) is 12.0 Å². The molecule has 0 bridgehead atoms. The molecule has 0 unspecified atom stereocenters. The summed E-state index contributed by atoms with van der Waals surface area (Å²) in [6.07, 6.45) is 5.23. The van der Waals surface area contributed by atoms with Crippen LogP contribution in [0.3, 0.4) is 0 Å². The van der Waals surface area contributed by atoms with Crippen LogP contribution in [0.4, 0.5) is 0 Å². The fraction of sp³-hybridized carbons (Fsp3) is 0.500. The Balaban J connectivity index is 1.46. The van der Waals surface area contributed by atoms with Crippen LogP contribution in [0.25, 0.3) is 11.5 Å². The molecule has 6 nitrogen and oxygen atoms in total. The normalized spacial score (nSPS) is 20.4. The number of hydrogen-bond donors (Lipinski definition) is 2. The summed E-state index contributed by atoms with van der Waals surface area (Å²) in [5.74, 6) is 0.904. The number of nitrogens with zero attached hydrogens (tertiary/aromatic N) is 1. The minimum Gasteiger partial charge on any atom is -0.409 e. The molecule has 1 heterocycles. The molecule has 1 fully saturated rings. The van der Waals surface area contributed by atoms with Crippen molar-refractivity contribution >= 4 is 18.1 Å². The molecule has 134 valence electrons. The topological polar surface area (TPSA) is 80.1 Å². The van der Waals surface area contributed by atoms with Crippen LogP contribution in [0.5, 0.6) is 0 Å². The Hall–Kier alpha value is -1.99. The first kappa shape index (κ1) is 17.8. The van der Waals surface area contributed by atoms with Crippen LogP contribution in [0.15, 0.2) is 28.7 Å². The lowest BCUT2D eigenvalue weighted by Gasteiger charge is -2.28. The average Bonchev–Trinajstić information content (AvgIpc) is 3.06. The molecule has 7 heteroatoms. The third kappa shape index (κ3) is 4.76. The minimum atomic E-state index is -0.116. The first-order valence-electron chi connectivity index (χ1n) is 8.69. The van der Waals surface area contributed by atoms with Crippen molar-refractivity contribution in [2.75, 3.05) is 13.2 Å². The first-order chi connectivity index (χ1) is 12.1. The second-order valence-corrected chi connectivity index (χ2v) is 6.79. The molecule has 1 amide bonds. The maximum Gasteiger partial charge on any atom is 0.284 e. The molecule has 1 aliphatic rings. The van der Waals surface area contributed by atoms with Crippen molar-refractivity contribution in [2.24, 2.45) is 5.92 Å². The number of aromatic nitrogens is 2. The third-order valence-electron chi connectivity index (χ3n) is 4.58. The number of ether oxygens (including phenoxy) is 1. The van der Waals surface area contributed by atoms with E-state index in [-0.39, 0.29) is 10.7 Å². The summed E-state index contributed by atoms with van der Waals surface area (Å²) < 4.78 is 11.2. The van der Waals surface area contributed by atoms with E-state index >= 15 is 0 Å². The summed E-state index contributed by atoms with van der Waals surface area (Å²) in [6, 6.07) is 7.04. The molecule has 3 rings (SSSR count). The number of carbonyl (C=O) groups is 1. The van der Waals surface area contributed by atoms with Crippen molar-refractivity contribution in [3.05, 3.63) is 34.7 Å². The number of nitrogens with one attached hydrogen (secondary N) is 2. The van der Waals surface area contributed by atoms with Gasteiger partial charge in [-0.25, -0.2) is 5.10 Å². The van der Waals surface area contributed by atoms with Crippen LogP contribution in [-0.4, -0.2) is 35.4 Å². The van der Waals surface area contributed by atoms with Gasteiger partial charge < -0.3 is 14.5 Å². The van der Waals surface area contributed by atoms with Gasteiger partial charge in [0.15, 0.2) is 0 Å². The van der Waals surface area contributed by atoms with Crippen molar-refractivity contribution in [2.45, 2.75) is 38.7 Å². The summed E-state index contributed by atoms with van der Waals surface area (Å²) in [7, 11) is 0. The van der Waals surface area contributed by atoms with E-state index < -0.39 is 0 Å². The number of carbonyl (C=O) groups excluding carboxylic acids is 1. The Morgan fingerprint density at radius 3 is 2.80 bits per heavy atom. The van der Waals surface area contributed by atoms with E-state index in [4.69, 9.17) is 21.4 Å². The molecule has 2 atom stereocenters. The quantitative estimate of drug-likeness (QED) is 0.605. The van der Waals surface area contributed by atoms with E-state index in [1.807, 2.05) is 0 Å². The molecule has 2 N–H and O–H groups in total. The highest BCUT2D eigenvalue weighted by molar-refractivity contribution is 7.71. The lowest BCUT2D eigenvalue weighted by atomic mass is 9.88. The number of amides is 1. The van der Waals surface area contributed by atoms with Gasteiger partial charge in [0, 0.05) is 17.7 Å². The molecule has 0 aliphatic heterocycles. The summed E-state index contributed by atoms with van der Waals surface area (Å²) in [5.41, 5.74) is 1.35. The largest absolute Gasteiger partial charge is 0.409 e. The van der Waals surface area contributed by atoms with Gasteiger partial charge in [-0.05, 0) is 55.2 Å². The van der Waals surface area contributed by atoms with E-state index in [1.165, 1.54) is 19.3 Å². The number of H-pyrrole nitrogens is 1. The van der Waals surface area contributed by atoms with Crippen molar-refractivity contribution in [1.82, 2.24) is 15.5 Å². The molecule has 1 saturated carbocycles. The van der Waals surface area contributed by atoms with Crippen LogP contribution in [0.2, 0.25) is 0 Å². The van der Waals surface area contributed by atoms with E-state index in [2.05, 4.69) is 22.4 Å². The van der Waals surface area contributed by atoms with Gasteiger partial charge in [-0.1, -0.05) is 19.8 Å². The van der Waals surface area contributed by atoms with Crippen molar-refractivity contribution in [1.29, 1.82) is 0 Å². The second-order valence-electron chi connectivity index (χ2n) is 6.42. The van der Waals surface area contributed by atoms with Crippen LogP contribution in [0.1, 0.15) is 43.0 Å². The van der Waals surface area contributed by atoms with Gasteiger partial charge in [0.25, 0.3) is 10.7 Å². The predicted octanol–water partition coefficient (Wildman–Crippen LogP) is 3.72. The van der Waals surface area contributed by atoms with Crippen molar-refractivity contribution in [3.63, 3.8) is 0 Å². The van der Waals surface area contributed by atoms with Crippen LogP contribution in [-0.2, 0) is 4.74 Å². The zero-order valence-electron chi connectivity index (χ0n) is 14.3. The summed E-state index contributed by atoms with van der Waals surface area (Å²) in [6.45, 7) is 3.30. The molecular formula is C18H23N3O3S. The van der Waals surface area contributed by atoms with Gasteiger partial charge >= 0.3 is 0 Å². The van der Waals surface area contributed by atoms with Gasteiger partial charge in [0.2, 0.25) is 5.89 Å². The molecule has 1 aliphatic carbocycles. The highest BCUT2D eigenvalue weighted by atomic mass is 32.1. The molecule has 25 heavy (non-hydrogen) atoms. The summed E-state index contributed by atoms with van der Waals surface area (Å²) >= 11 is 4.85. The van der Waals surface area contributed by atoms with E-state index in [1.54, 1.807) is 24.3 Å². The molecule has 1 aromatic carbocycles. The Morgan fingerprint density at radius 2 is 2.12 bits per heavy atom. The van der Waals surface area contributed by atoms with E-state index in [9.17, 15) is 4.79 Å². The smallest absolute Gasteiger partial charge is 0.284 e. The van der Waals surface area contributed by atoms with Crippen LogP contribution < -0.4 is 5.32 Å². The lowest BCUT2D eigenvalue weighted by Crippen LogP contribution is -2.31. The highest BCUT2D eigenvalue weighted by Gasteiger charge is 2.21. The first-order valence-corrected chi connectivity index (χ1v) is 9.10. The fourth-order valence-electron chi connectivity index (χ4n) is 3.12. The van der Waals surface area contributed by atoms with Gasteiger partial charge in [0.1, 0.15) is 0 Å². The molecular weight excluding hydrogens is 338 g/mol. The Kier molecular flexibility index (Phi) is 5.99. The molecule has 0 radical (unpaired) electrons. The molecule has 2 aromatic rings. The highest BCUT2D eigenvalue weighted by Crippen LogP contribution is 2.26. The molecule has 0 saturated heterocycles. The second kappa shape index (κ2) is 8.40. The predicted molar refractivity (Wildman–Crippen MR) is 96.8 cm³/mol. The van der Waals surface area contributed by atoms with Crippen LogP contribution >= 0.6 is 12.2 Å². The Morgan fingerprint density at radius 1 is 1.36 bits per heavy atom. The number of benzene rings is 1. The van der Waals surface area contributed by atoms with Gasteiger partial charge in [-0.15, -0.1) is 5.10 Å². The molecule has 1 aromatic heterocycles. The van der Waals surface area contributed by atoms with Crippen LogP contribution in [0, 0.1) is 10.8 Å². The summed E-state index contributed by atoms with van der Waals surface area (Å²) in [5, 5.41) is 9.42. The third-order valence-corrected chi connectivity index (χ3v) is 4.76. The van der Waals surface area contributed by atoms with E-state index in [0.29, 0.717) is 36.6 Å².